The quantitative estimate of drug-likeness (QED) is 0.178. The molecule has 0 aromatic heterocycles. The van der Waals surface area contributed by atoms with Gasteiger partial charge in [-0.15, -0.1) is 10.1 Å². The zero-order valence-corrected chi connectivity index (χ0v) is 30.7. The van der Waals surface area contributed by atoms with Crippen LogP contribution in [0.1, 0.15) is 141 Å². The van der Waals surface area contributed by atoms with E-state index >= 15 is 0 Å². The lowest BCUT2D eigenvalue weighted by molar-refractivity contribution is -0.253. The molecule has 2 fully saturated rings. The molecule has 1 aromatic carbocycles. The first-order valence-electron chi connectivity index (χ1n) is 17.4. The second-order valence-corrected chi connectivity index (χ2v) is 15.6. The van der Waals surface area contributed by atoms with Gasteiger partial charge in [-0.1, -0.05) is 32.8 Å². The number of nitrogens with zero attached hydrogens (tertiary/aromatic N) is 2. The van der Waals surface area contributed by atoms with Gasteiger partial charge in [0.05, 0.1) is 33.3 Å². The summed E-state index contributed by atoms with van der Waals surface area (Å²) in [4.78, 5) is 63.1. The van der Waals surface area contributed by atoms with Crippen LogP contribution in [-0.4, -0.2) is 81.7 Å². The third kappa shape index (κ3) is 10.3. The third-order valence-corrected chi connectivity index (χ3v) is 8.94. The van der Waals surface area contributed by atoms with E-state index in [1.54, 1.807) is 28.3 Å². The zero-order valence-electron chi connectivity index (χ0n) is 30.7. The first-order chi connectivity index (χ1) is 22.3. The fraction of sp³-hybridized carbons (Fsp3) is 0.722. The summed E-state index contributed by atoms with van der Waals surface area (Å²) in [5.74, 6) is -1.09. The number of amides is 2. The maximum absolute atomic E-state index is 13.3. The highest BCUT2D eigenvalue weighted by atomic mass is 16.7. The van der Waals surface area contributed by atoms with Crippen molar-refractivity contribution >= 4 is 24.1 Å². The molecule has 48 heavy (non-hydrogen) atoms. The number of nitrogens with one attached hydrogen (secondary N) is 2. The summed E-state index contributed by atoms with van der Waals surface area (Å²) in [7, 11) is 0. The number of hydrogen-bond acceptors (Lipinski definition) is 10. The molecule has 12 nitrogen and oxygen atoms in total. The van der Waals surface area contributed by atoms with Crippen LogP contribution in [0.3, 0.4) is 0 Å². The summed E-state index contributed by atoms with van der Waals surface area (Å²) in [5, 5.41) is 8.97. The van der Waals surface area contributed by atoms with Crippen molar-refractivity contribution in [3.8, 4) is 0 Å². The van der Waals surface area contributed by atoms with E-state index < -0.39 is 58.5 Å². The van der Waals surface area contributed by atoms with Crippen molar-refractivity contribution in [3.05, 3.63) is 35.4 Å². The fourth-order valence-corrected chi connectivity index (χ4v) is 7.18. The van der Waals surface area contributed by atoms with E-state index in [4.69, 9.17) is 19.1 Å². The van der Waals surface area contributed by atoms with Gasteiger partial charge in [-0.05, 0) is 86.4 Å². The van der Waals surface area contributed by atoms with Gasteiger partial charge in [0.1, 0.15) is 12.2 Å². The summed E-state index contributed by atoms with van der Waals surface area (Å²) in [6, 6.07) is 6.36. The van der Waals surface area contributed by atoms with Crippen LogP contribution in [-0.2, 0) is 19.1 Å². The Balaban J connectivity index is 1.62. The molecule has 3 rings (SSSR count). The Hall–Kier alpha value is -3.38. The van der Waals surface area contributed by atoms with Crippen LogP contribution in [0, 0.1) is 0 Å². The molecule has 2 heterocycles. The lowest BCUT2D eigenvalue weighted by Gasteiger charge is -2.52. The van der Waals surface area contributed by atoms with Crippen molar-refractivity contribution in [1.29, 1.82) is 0 Å². The highest BCUT2D eigenvalue weighted by Crippen LogP contribution is 2.41. The van der Waals surface area contributed by atoms with Crippen molar-refractivity contribution in [2.75, 3.05) is 13.1 Å². The van der Waals surface area contributed by atoms with Gasteiger partial charge >= 0.3 is 24.1 Å². The first kappa shape index (κ1) is 39.1. The number of esters is 2. The summed E-state index contributed by atoms with van der Waals surface area (Å²) in [5.41, 5.74) is -1.95. The molecule has 0 aliphatic carbocycles. The molecular weight excluding hydrogens is 616 g/mol. The molecule has 1 aromatic rings. The van der Waals surface area contributed by atoms with Crippen LogP contribution in [0.25, 0.3) is 0 Å². The summed E-state index contributed by atoms with van der Waals surface area (Å²) < 4.78 is 11.9. The molecule has 2 aliphatic heterocycles. The maximum Gasteiger partial charge on any atom is 0.426 e. The Morgan fingerprint density at radius 2 is 0.979 bits per heavy atom. The number of ether oxygens (including phenoxy) is 2. The van der Waals surface area contributed by atoms with E-state index in [2.05, 4.69) is 24.5 Å². The average molecular weight is 675 g/mol. The van der Waals surface area contributed by atoms with Gasteiger partial charge in [0.15, 0.2) is 0 Å². The third-order valence-electron chi connectivity index (χ3n) is 8.94. The SMILES string of the molecule is CCCCNC(=O)ON1C(C)(C)CC(OC(=O)c2cccc(C(=O)OC3CC(C)(C)N(OC(=O)NCCCC)C(C)(C)C3)c2)CC1(C)C. The van der Waals surface area contributed by atoms with Crippen LogP contribution >= 0.6 is 0 Å². The number of carbonyl (C=O) groups excluding carboxylic acids is 4. The number of hydrogen-bond donors (Lipinski definition) is 2. The lowest BCUT2D eigenvalue weighted by Crippen LogP contribution is -2.63. The molecule has 0 atom stereocenters. The van der Waals surface area contributed by atoms with E-state index in [0.29, 0.717) is 38.8 Å². The van der Waals surface area contributed by atoms with Gasteiger partial charge < -0.3 is 29.8 Å². The van der Waals surface area contributed by atoms with Gasteiger partial charge in [0.25, 0.3) is 0 Å². The topological polar surface area (TPSA) is 136 Å². The smallest absolute Gasteiger partial charge is 0.426 e. The molecule has 2 aliphatic rings. The Bertz CT molecular complexity index is 1170. The fourth-order valence-electron chi connectivity index (χ4n) is 7.18. The van der Waals surface area contributed by atoms with Crippen LogP contribution in [0.2, 0.25) is 0 Å². The van der Waals surface area contributed by atoms with Crippen LogP contribution in [0.15, 0.2) is 24.3 Å². The van der Waals surface area contributed by atoms with Gasteiger partial charge in [-0.2, -0.15) is 0 Å². The molecule has 0 unspecified atom stereocenters. The highest BCUT2D eigenvalue weighted by molar-refractivity contribution is 5.95. The minimum Gasteiger partial charge on any atom is -0.459 e. The molecule has 0 spiro atoms. The van der Waals surface area contributed by atoms with E-state index in [-0.39, 0.29) is 11.1 Å². The van der Waals surface area contributed by atoms with Gasteiger partial charge in [-0.25, -0.2) is 19.2 Å². The van der Waals surface area contributed by atoms with Gasteiger partial charge in [-0.3, -0.25) is 0 Å². The lowest BCUT2D eigenvalue weighted by atomic mass is 9.80. The Kier molecular flexibility index (Phi) is 12.9. The number of carbonyl (C=O) groups is 4. The van der Waals surface area contributed by atoms with Gasteiger partial charge in [0.2, 0.25) is 0 Å². The number of rotatable bonds is 12. The standard InChI is InChI=1S/C36H58N4O8/c1-11-13-18-37-31(43)47-39-33(3,4)21-27(22-34(39,5)6)45-29(41)25-16-15-17-26(20-25)30(42)46-28-23-35(7,8)40(36(9,10)24-28)48-32(44)38-19-14-12-2/h15-17,20,27-28H,11-14,18-19,21-24H2,1-10H3,(H,37,43)(H,38,44). The molecule has 270 valence electrons. The van der Waals surface area contributed by atoms with E-state index in [1.807, 2.05) is 55.4 Å². The molecule has 12 heteroatoms. The predicted octanol–water partition coefficient (Wildman–Crippen LogP) is 6.93. The second kappa shape index (κ2) is 15.9. The van der Waals surface area contributed by atoms with Crippen LogP contribution < -0.4 is 10.6 Å². The van der Waals surface area contributed by atoms with E-state index in [1.165, 1.54) is 6.07 Å². The van der Waals surface area contributed by atoms with Crippen molar-refractivity contribution in [1.82, 2.24) is 20.8 Å². The average Bonchev–Trinajstić information content (AvgIpc) is 2.96. The number of unbranched alkanes of at least 4 members (excludes halogenated alkanes) is 2. The van der Waals surface area contributed by atoms with Crippen LogP contribution in [0.4, 0.5) is 9.59 Å². The largest absolute Gasteiger partial charge is 0.459 e. The second-order valence-electron chi connectivity index (χ2n) is 15.6. The summed E-state index contributed by atoms with van der Waals surface area (Å²) in [6.07, 6.45) is 3.56. The molecular formula is C36H58N4O8. The van der Waals surface area contributed by atoms with Crippen molar-refractivity contribution in [3.63, 3.8) is 0 Å². The number of piperidine rings is 2. The Labute approximate surface area is 286 Å². The summed E-state index contributed by atoms with van der Waals surface area (Å²) >= 11 is 0. The van der Waals surface area contributed by atoms with E-state index in [0.717, 1.165) is 25.7 Å². The first-order valence-corrected chi connectivity index (χ1v) is 17.4. The molecule has 0 saturated carbocycles. The summed E-state index contributed by atoms with van der Waals surface area (Å²) in [6.45, 7) is 20.8. The minimum absolute atomic E-state index is 0.243. The van der Waals surface area contributed by atoms with Crippen molar-refractivity contribution in [2.45, 2.75) is 155 Å². The molecule has 2 amide bonds. The van der Waals surface area contributed by atoms with Crippen molar-refractivity contribution < 1.29 is 38.3 Å². The zero-order chi connectivity index (χ0) is 35.9. The van der Waals surface area contributed by atoms with Crippen LogP contribution in [0.5, 0.6) is 0 Å². The maximum atomic E-state index is 13.3. The predicted molar refractivity (Wildman–Crippen MR) is 182 cm³/mol. The molecule has 0 radical (unpaired) electrons. The monoisotopic (exact) mass is 674 g/mol. The molecule has 2 saturated heterocycles. The highest BCUT2D eigenvalue weighted by Gasteiger charge is 2.51. The number of hydroxylamine groups is 4. The Morgan fingerprint density at radius 1 is 0.646 bits per heavy atom. The molecule has 0 bridgehead atoms. The molecule has 2 N–H and O–H groups in total. The van der Waals surface area contributed by atoms with Gasteiger partial charge in [0, 0.05) is 38.8 Å². The van der Waals surface area contributed by atoms with E-state index in [9.17, 15) is 19.2 Å². The normalized spacial score (nSPS) is 20.7. The number of benzene rings is 1. The van der Waals surface area contributed by atoms with Crippen molar-refractivity contribution in [2.24, 2.45) is 0 Å². The minimum atomic E-state index is -0.610. The Morgan fingerprint density at radius 3 is 1.29 bits per heavy atom.